The lowest BCUT2D eigenvalue weighted by Gasteiger charge is -2.38. The summed E-state index contributed by atoms with van der Waals surface area (Å²) in [6.07, 6.45) is 0.455. The Balaban J connectivity index is 1.63. The van der Waals surface area contributed by atoms with Crippen molar-refractivity contribution in [1.82, 2.24) is 4.90 Å². The molecule has 0 radical (unpaired) electrons. The molecule has 28 heavy (non-hydrogen) atoms. The minimum atomic E-state index is -0.431. The lowest BCUT2D eigenvalue weighted by molar-refractivity contribution is 0.00928. The minimum absolute atomic E-state index is 0.118. The van der Waals surface area contributed by atoms with Gasteiger partial charge in [-0.2, -0.15) is 0 Å². The smallest absolute Gasteiger partial charge is 0.343 e. The number of carbonyl (C=O) groups is 1. The minimum Gasteiger partial charge on any atom is -0.493 e. The first-order valence-electron chi connectivity index (χ1n) is 9.21. The van der Waals surface area contributed by atoms with Crippen LogP contribution in [0.1, 0.15) is 39.2 Å². The lowest BCUT2D eigenvalue weighted by Crippen LogP contribution is -2.36. The van der Waals surface area contributed by atoms with Crippen molar-refractivity contribution in [2.45, 2.75) is 18.6 Å². The summed E-state index contributed by atoms with van der Waals surface area (Å²) in [6.45, 7) is 0.966. The Bertz CT molecular complexity index is 972. The van der Waals surface area contributed by atoms with Crippen LogP contribution < -0.4 is 18.9 Å². The maximum absolute atomic E-state index is 12.7. The monoisotopic (exact) mass is 383 g/mol. The van der Waals surface area contributed by atoms with E-state index in [1.54, 1.807) is 14.2 Å². The first-order valence-corrected chi connectivity index (χ1v) is 9.21. The summed E-state index contributed by atoms with van der Waals surface area (Å²) in [5.41, 5.74) is 3.55. The van der Waals surface area contributed by atoms with Gasteiger partial charge in [0.1, 0.15) is 11.7 Å². The molecular formula is C21H21NO6. The Labute approximate surface area is 162 Å². The van der Waals surface area contributed by atoms with Crippen LogP contribution >= 0.6 is 0 Å². The average Bonchev–Trinajstić information content (AvgIpc) is 3.31. The molecule has 2 aromatic carbocycles. The Hall–Kier alpha value is -2.93. The molecule has 0 aromatic heterocycles. The van der Waals surface area contributed by atoms with Crippen LogP contribution in [0.3, 0.4) is 0 Å². The molecule has 1 unspecified atom stereocenters. The van der Waals surface area contributed by atoms with E-state index < -0.39 is 6.10 Å². The molecule has 3 aliphatic rings. The van der Waals surface area contributed by atoms with E-state index in [-0.39, 0.29) is 18.8 Å². The second-order valence-corrected chi connectivity index (χ2v) is 7.17. The summed E-state index contributed by atoms with van der Waals surface area (Å²) in [5.74, 6) is 2.06. The molecule has 3 heterocycles. The summed E-state index contributed by atoms with van der Waals surface area (Å²) in [5, 5.41) is 0. The molecule has 146 valence electrons. The number of fused-ring (bicyclic) bond motifs is 4. The van der Waals surface area contributed by atoms with Crippen LogP contribution in [0.2, 0.25) is 0 Å². The molecule has 0 amide bonds. The topological polar surface area (TPSA) is 66.5 Å². The van der Waals surface area contributed by atoms with Crippen molar-refractivity contribution in [3.05, 3.63) is 46.5 Å². The third-order valence-electron chi connectivity index (χ3n) is 5.78. The number of hydrogen-bond acceptors (Lipinski definition) is 7. The van der Waals surface area contributed by atoms with E-state index in [9.17, 15) is 4.79 Å². The number of methoxy groups -OCH3 is 2. The highest BCUT2D eigenvalue weighted by atomic mass is 16.7. The number of hydrogen-bond donors (Lipinski definition) is 0. The van der Waals surface area contributed by atoms with Crippen molar-refractivity contribution in [3.8, 4) is 23.0 Å². The SMILES string of the molecule is COc1cc2c(cc1OC)[C@H](C1OC(=O)c3c1ccc1c3OCO1)N(C)CC2. The quantitative estimate of drug-likeness (QED) is 0.755. The van der Waals surface area contributed by atoms with E-state index in [0.29, 0.717) is 28.6 Å². The van der Waals surface area contributed by atoms with Crippen LogP contribution in [-0.2, 0) is 11.2 Å². The second kappa shape index (κ2) is 6.31. The van der Waals surface area contributed by atoms with Crippen molar-refractivity contribution >= 4 is 5.97 Å². The molecule has 0 fully saturated rings. The standard InChI is InChI=1S/C21H21NO6/c1-22-7-6-11-8-15(24-2)16(25-3)9-13(11)18(22)19-12-4-5-14-20(27-10-26-14)17(12)21(23)28-19/h4-5,8-9,18-19H,6-7,10H2,1-3H3/t18-,19?/m1/s1. The maximum atomic E-state index is 12.7. The maximum Gasteiger partial charge on any atom is 0.343 e. The molecule has 7 nitrogen and oxygen atoms in total. The molecule has 0 saturated heterocycles. The van der Waals surface area contributed by atoms with E-state index in [2.05, 4.69) is 4.90 Å². The number of rotatable bonds is 3. The van der Waals surface area contributed by atoms with Crippen LogP contribution in [-0.4, -0.2) is 45.5 Å². The third kappa shape index (κ3) is 2.36. The molecule has 7 heteroatoms. The third-order valence-corrected chi connectivity index (χ3v) is 5.78. The predicted octanol–water partition coefficient (Wildman–Crippen LogP) is 2.87. The van der Waals surface area contributed by atoms with Gasteiger partial charge in [-0.05, 0) is 42.8 Å². The van der Waals surface area contributed by atoms with Gasteiger partial charge in [0.05, 0.1) is 20.3 Å². The molecule has 3 aliphatic heterocycles. The summed E-state index contributed by atoms with van der Waals surface area (Å²) in [4.78, 5) is 14.9. The highest BCUT2D eigenvalue weighted by Gasteiger charge is 2.44. The van der Waals surface area contributed by atoms with Gasteiger partial charge in [-0.1, -0.05) is 6.07 Å². The molecule has 0 spiro atoms. The zero-order valence-electron chi connectivity index (χ0n) is 16.0. The van der Waals surface area contributed by atoms with E-state index in [1.807, 2.05) is 31.3 Å². The number of cyclic esters (lactones) is 1. The van der Waals surface area contributed by atoms with E-state index in [4.69, 9.17) is 23.7 Å². The molecule has 0 N–H and O–H groups in total. The fraction of sp³-hybridized carbons (Fsp3) is 0.381. The van der Waals surface area contributed by atoms with Gasteiger partial charge >= 0.3 is 5.97 Å². The van der Waals surface area contributed by atoms with Gasteiger partial charge in [0.25, 0.3) is 0 Å². The van der Waals surface area contributed by atoms with Crippen LogP contribution in [0, 0.1) is 0 Å². The molecule has 5 rings (SSSR count). The van der Waals surface area contributed by atoms with Crippen LogP contribution in [0.4, 0.5) is 0 Å². The number of carbonyl (C=O) groups excluding carboxylic acids is 1. The van der Waals surface area contributed by atoms with Crippen LogP contribution in [0.15, 0.2) is 24.3 Å². The molecular weight excluding hydrogens is 362 g/mol. The summed E-state index contributed by atoms with van der Waals surface area (Å²) in [7, 11) is 5.30. The van der Waals surface area contributed by atoms with Crippen molar-refractivity contribution in [1.29, 1.82) is 0 Å². The second-order valence-electron chi connectivity index (χ2n) is 7.17. The van der Waals surface area contributed by atoms with Crippen LogP contribution in [0.5, 0.6) is 23.0 Å². The lowest BCUT2D eigenvalue weighted by atomic mass is 9.86. The fourth-order valence-electron chi connectivity index (χ4n) is 4.40. The number of esters is 1. The highest BCUT2D eigenvalue weighted by Crippen LogP contribution is 2.51. The Morgan fingerprint density at radius 1 is 1.07 bits per heavy atom. The first-order chi connectivity index (χ1) is 13.6. The average molecular weight is 383 g/mol. The van der Waals surface area contributed by atoms with E-state index in [1.165, 1.54) is 5.56 Å². The predicted molar refractivity (Wildman–Crippen MR) is 99.3 cm³/mol. The van der Waals surface area contributed by atoms with Gasteiger partial charge in [-0.3, -0.25) is 4.90 Å². The van der Waals surface area contributed by atoms with Gasteiger partial charge in [0.2, 0.25) is 6.79 Å². The number of likely N-dealkylation sites (N-methyl/N-ethyl adjacent to an activating group) is 1. The normalized spacial score (nSPS) is 22.5. The molecule has 0 bridgehead atoms. The molecule has 0 saturated carbocycles. The number of nitrogens with zero attached hydrogens (tertiary/aromatic N) is 1. The highest BCUT2D eigenvalue weighted by molar-refractivity contribution is 5.98. The summed E-state index contributed by atoms with van der Waals surface area (Å²) < 4.78 is 27.8. The first kappa shape index (κ1) is 17.2. The summed E-state index contributed by atoms with van der Waals surface area (Å²) in [6, 6.07) is 7.63. The van der Waals surface area contributed by atoms with Gasteiger partial charge in [-0.15, -0.1) is 0 Å². The fourth-order valence-corrected chi connectivity index (χ4v) is 4.40. The summed E-state index contributed by atoms with van der Waals surface area (Å²) >= 11 is 0. The van der Waals surface area contributed by atoms with Crippen molar-refractivity contribution < 1.29 is 28.5 Å². The molecule has 2 aromatic rings. The van der Waals surface area contributed by atoms with E-state index >= 15 is 0 Å². The number of benzene rings is 2. The Morgan fingerprint density at radius 3 is 2.64 bits per heavy atom. The zero-order chi connectivity index (χ0) is 19.4. The Morgan fingerprint density at radius 2 is 1.86 bits per heavy atom. The van der Waals surface area contributed by atoms with Crippen molar-refractivity contribution in [2.24, 2.45) is 0 Å². The zero-order valence-corrected chi connectivity index (χ0v) is 16.0. The van der Waals surface area contributed by atoms with Gasteiger partial charge in [-0.25, -0.2) is 4.79 Å². The van der Waals surface area contributed by atoms with Gasteiger partial charge < -0.3 is 23.7 Å². The Kier molecular flexibility index (Phi) is 3.87. The van der Waals surface area contributed by atoms with Crippen molar-refractivity contribution in [3.63, 3.8) is 0 Å². The number of ether oxygens (including phenoxy) is 5. The van der Waals surface area contributed by atoms with Gasteiger partial charge in [0, 0.05) is 12.1 Å². The van der Waals surface area contributed by atoms with Crippen LogP contribution in [0.25, 0.3) is 0 Å². The van der Waals surface area contributed by atoms with Crippen molar-refractivity contribution in [2.75, 3.05) is 34.6 Å². The molecule has 2 atom stereocenters. The molecule has 0 aliphatic carbocycles. The van der Waals surface area contributed by atoms with Gasteiger partial charge in [0.15, 0.2) is 23.0 Å². The largest absolute Gasteiger partial charge is 0.493 e. The van der Waals surface area contributed by atoms with E-state index in [0.717, 1.165) is 24.1 Å².